The summed E-state index contributed by atoms with van der Waals surface area (Å²) in [7, 11) is 0. The maximum Gasteiger partial charge on any atom is 0.196 e. The first-order valence-electron chi connectivity index (χ1n) is 7.44. The minimum Gasteiger partial charge on any atom is -0.366 e. The molecule has 0 bridgehead atoms. The Balaban J connectivity index is 2.26. The molecule has 1 unspecified atom stereocenters. The summed E-state index contributed by atoms with van der Waals surface area (Å²) in [5.41, 5.74) is 2.83. The van der Waals surface area contributed by atoms with Gasteiger partial charge in [0.15, 0.2) is 5.78 Å². The summed E-state index contributed by atoms with van der Waals surface area (Å²) < 4.78 is 5.67. The number of benzene rings is 2. The molecular weight excluding hydrogens is 260 g/mol. The quantitative estimate of drug-likeness (QED) is 0.713. The van der Waals surface area contributed by atoms with Crippen LogP contribution in [0.25, 0.3) is 0 Å². The lowest BCUT2D eigenvalue weighted by Gasteiger charge is -2.17. The van der Waals surface area contributed by atoms with Crippen LogP contribution in [-0.4, -0.2) is 12.4 Å². The molecule has 0 aliphatic rings. The van der Waals surface area contributed by atoms with Crippen molar-refractivity contribution in [1.29, 1.82) is 0 Å². The molecule has 0 N–H and O–H groups in total. The van der Waals surface area contributed by atoms with Gasteiger partial charge >= 0.3 is 0 Å². The van der Waals surface area contributed by atoms with Gasteiger partial charge in [-0.25, -0.2) is 0 Å². The summed E-state index contributed by atoms with van der Waals surface area (Å²) in [5.74, 6) is 0.476. The Morgan fingerprint density at radius 3 is 2.10 bits per heavy atom. The van der Waals surface area contributed by atoms with Gasteiger partial charge in [0.25, 0.3) is 0 Å². The molecule has 0 aliphatic carbocycles. The van der Waals surface area contributed by atoms with Gasteiger partial charge in [-0.3, -0.25) is 4.79 Å². The first-order chi connectivity index (χ1) is 10.1. The van der Waals surface area contributed by atoms with Crippen LogP contribution in [0.5, 0.6) is 0 Å². The first-order valence-corrected chi connectivity index (χ1v) is 7.44. The second kappa shape index (κ2) is 7.19. The van der Waals surface area contributed by atoms with Crippen molar-refractivity contribution in [2.45, 2.75) is 32.8 Å². The van der Waals surface area contributed by atoms with Crippen molar-refractivity contribution in [3.8, 4) is 0 Å². The van der Waals surface area contributed by atoms with Gasteiger partial charge in [-0.2, -0.15) is 0 Å². The number of carbonyl (C=O) groups excluding carboxylic acids is 1. The highest BCUT2D eigenvalue weighted by atomic mass is 16.5. The van der Waals surface area contributed by atoms with Crippen LogP contribution in [0.2, 0.25) is 0 Å². The lowest BCUT2D eigenvalue weighted by atomic mass is 9.96. The average Bonchev–Trinajstić information content (AvgIpc) is 2.53. The fourth-order valence-electron chi connectivity index (χ4n) is 2.30. The summed E-state index contributed by atoms with van der Waals surface area (Å²) in [4.78, 5) is 12.7. The second-order valence-electron chi connectivity index (χ2n) is 5.39. The topological polar surface area (TPSA) is 26.3 Å². The van der Waals surface area contributed by atoms with Gasteiger partial charge < -0.3 is 4.74 Å². The van der Waals surface area contributed by atoms with Crippen molar-refractivity contribution in [1.82, 2.24) is 0 Å². The van der Waals surface area contributed by atoms with E-state index in [4.69, 9.17) is 4.74 Å². The molecule has 2 aromatic carbocycles. The van der Waals surface area contributed by atoms with Gasteiger partial charge in [-0.15, -0.1) is 0 Å². The van der Waals surface area contributed by atoms with E-state index >= 15 is 0 Å². The Morgan fingerprint density at radius 1 is 0.952 bits per heavy atom. The fraction of sp³-hybridized carbons (Fsp3) is 0.316. The van der Waals surface area contributed by atoms with Crippen LogP contribution in [0.3, 0.4) is 0 Å². The monoisotopic (exact) mass is 282 g/mol. The van der Waals surface area contributed by atoms with Gasteiger partial charge in [0.1, 0.15) is 6.10 Å². The second-order valence-corrected chi connectivity index (χ2v) is 5.39. The standard InChI is InChI=1S/C19H22O2/c1-4-21-19(17-8-6-5-7-9-17)18(20)16-12-10-15(11-13-16)14(2)3/h5-14,19H,4H2,1-3H3. The predicted molar refractivity (Wildman–Crippen MR) is 85.7 cm³/mol. The molecule has 0 aliphatic heterocycles. The molecule has 2 heteroatoms. The molecule has 0 heterocycles. The zero-order valence-electron chi connectivity index (χ0n) is 12.9. The number of carbonyl (C=O) groups is 1. The van der Waals surface area contributed by atoms with E-state index in [1.54, 1.807) is 0 Å². The molecule has 0 aromatic heterocycles. The van der Waals surface area contributed by atoms with E-state index in [0.29, 0.717) is 18.1 Å². The van der Waals surface area contributed by atoms with Gasteiger partial charge in [0.05, 0.1) is 0 Å². The molecule has 2 rings (SSSR count). The first kappa shape index (κ1) is 15.5. The van der Waals surface area contributed by atoms with Crippen molar-refractivity contribution in [3.63, 3.8) is 0 Å². The van der Waals surface area contributed by atoms with Crippen LogP contribution < -0.4 is 0 Å². The van der Waals surface area contributed by atoms with E-state index in [1.807, 2.05) is 61.5 Å². The lowest BCUT2D eigenvalue weighted by molar-refractivity contribution is 0.0452. The van der Waals surface area contributed by atoms with Crippen LogP contribution in [0.1, 0.15) is 54.3 Å². The van der Waals surface area contributed by atoms with E-state index in [9.17, 15) is 4.79 Å². The van der Waals surface area contributed by atoms with Gasteiger partial charge in [-0.05, 0) is 24.0 Å². The number of rotatable bonds is 6. The zero-order chi connectivity index (χ0) is 15.2. The maximum absolute atomic E-state index is 12.7. The van der Waals surface area contributed by atoms with E-state index in [1.165, 1.54) is 5.56 Å². The molecule has 0 amide bonds. The smallest absolute Gasteiger partial charge is 0.196 e. The maximum atomic E-state index is 12.7. The number of ketones is 1. The van der Waals surface area contributed by atoms with Crippen molar-refractivity contribution in [2.24, 2.45) is 0 Å². The molecule has 2 nitrogen and oxygen atoms in total. The largest absolute Gasteiger partial charge is 0.366 e. The molecule has 0 radical (unpaired) electrons. The Morgan fingerprint density at radius 2 is 1.57 bits per heavy atom. The highest BCUT2D eigenvalue weighted by Crippen LogP contribution is 2.23. The van der Waals surface area contributed by atoms with Crippen molar-refractivity contribution >= 4 is 5.78 Å². The normalized spacial score (nSPS) is 12.4. The summed E-state index contributed by atoms with van der Waals surface area (Å²) in [6.45, 7) is 6.70. The minimum atomic E-state index is -0.527. The summed E-state index contributed by atoms with van der Waals surface area (Å²) in [6.07, 6.45) is -0.527. The van der Waals surface area contributed by atoms with E-state index in [2.05, 4.69) is 13.8 Å². The van der Waals surface area contributed by atoms with Crippen molar-refractivity contribution in [2.75, 3.05) is 6.61 Å². The van der Waals surface area contributed by atoms with Crippen molar-refractivity contribution < 1.29 is 9.53 Å². The third kappa shape index (κ3) is 3.79. The summed E-state index contributed by atoms with van der Waals surface area (Å²) in [6, 6.07) is 17.5. The summed E-state index contributed by atoms with van der Waals surface area (Å²) >= 11 is 0. The molecule has 2 aromatic rings. The molecule has 110 valence electrons. The SMILES string of the molecule is CCOC(C(=O)c1ccc(C(C)C)cc1)c1ccccc1. The van der Waals surface area contributed by atoms with Crippen LogP contribution in [-0.2, 0) is 4.74 Å². The van der Waals surface area contributed by atoms with E-state index in [0.717, 1.165) is 5.56 Å². The molecule has 0 spiro atoms. The Hall–Kier alpha value is -1.93. The number of Topliss-reactive ketones (excluding diaryl/α,β-unsaturated/α-hetero) is 1. The average molecular weight is 282 g/mol. The van der Waals surface area contributed by atoms with Crippen LogP contribution in [0.15, 0.2) is 54.6 Å². The predicted octanol–water partition coefficient (Wildman–Crippen LogP) is 4.77. The minimum absolute atomic E-state index is 0.0124. The molecule has 21 heavy (non-hydrogen) atoms. The van der Waals surface area contributed by atoms with Gasteiger partial charge in [0, 0.05) is 12.2 Å². The van der Waals surface area contributed by atoms with E-state index < -0.39 is 6.10 Å². The Kier molecular flexibility index (Phi) is 5.29. The summed E-state index contributed by atoms with van der Waals surface area (Å²) in [5, 5.41) is 0. The molecular formula is C19H22O2. The molecule has 1 atom stereocenters. The zero-order valence-corrected chi connectivity index (χ0v) is 12.9. The lowest BCUT2D eigenvalue weighted by Crippen LogP contribution is -2.16. The van der Waals surface area contributed by atoms with Gasteiger partial charge in [-0.1, -0.05) is 68.4 Å². The Bertz CT molecular complexity index is 570. The molecule has 0 saturated carbocycles. The number of hydrogen-bond acceptors (Lipinski definition) is 2. The van der Waals surface area contributed by atoms with Crippen LogP contribution in [0, 0.1) is 0 Å². The highest BCUT2D eigenvalue weighted by molar-refractivity contribution is 6.00. The number of ether oxygens (including phenoxy) is 1. The third-order valence-electron chi connectivity index (χ3n) is 3.54. The van der Waals surface area contributed by atoms with Crippen molar-refractivity contribution in [3.05, 3.63) is 71.3 Å². The fourth-order valence-corrected chi connectivity index (χ4v) is 2.30. The molecule has 0 fully saturated rings. The Labute approximate surface area is 126 Å². The third-order valence-corrected chi connectivity index (χ3v) is 3.54. The van der Waals surface area contributed by atoms with Crippen LogP contribution >= 0.6 is 0 Å². The highest BCUT2D eigenvalue weighted by Gasteiger charge is 2.22. The van der Waals surface area contributed by atoms with Crippen LogP contribution in [0.4, 0.5) is 0 Å². The molecule has 0 saturated heterocycles. The van der Waals surface area contributed by atoms with Gasteiger partial charge in [0.2, 0.25) is 0 Å². The van der Waals surface area contributed by atoms with E-state index in [-0.39, 0.29) is 5.78 Å². The number of hydrogen-bond donors (Lipinski definition) is 0.